The van der Waals surface area contributed by atoms with Crippen molar-refractivity contribution in [2.24, 2.45) is 17.3 Å². The lowest BCUT2D eigenvalue weighted by molar-refractivity contribution is -0.118. The van der Waals surface area contributed by atoms with Crippen molar-refractivity contribution in [1.29, 1.82) is 0 Å². The van der Waals surface area contributed by atoms with Gasteiger partial charge in [-0.3, -0.25) is 4.79 Å². The number of rotatable bonds is 4. The summed E-state index contributed by atoms with van der Waals surface area (Å²) in [4.78, 5) is 23.9. The highest BCUT2D eigenvalue weighted by Gasteiger charge is 2.60. The van der Waals surface area contributed by atoms with Crippen molar-refractivity contribution in [2.75, 3.05) is 17.7 Å². The lowest BCUT2D eigenvalue weighted by Gasteiger charge is -2.09. The number of carbonyl (C=O) groups excluding carboxylic acids is 2. The van der Waals surface area contributed by atoms with Gasteiger partial charge < -0.3 is 16.0 Å². The number of hydrogen-bond donors (Lipinski definition) is 3. The Hall–Kier alpha value is -2.30. The summed E-state index contributed by atoms with van der Waals surface area (Å²) in [6.45, 7) is 8.34. The lowest BCUT2D eigenvalue weighted by Crippen LogP contribution is -2.24. The van der Waals surface area contributed by atoms with Gasteiger partial charge in [0.05, 0.1) is 5.92 Å². The van der Waals surface area contributed by atoms with E-state index in [0.29, 0.717) is 11.4 Å². The predicted octanol–water partition coefficient (Wildman–Crippen LogP) is 3.61. The van der Waals surface area contributed by atoms with E-state index in [1.165, 1.54) is 5.57 Å². The van der Waals surface area contributed by atoms with Crippen LogP contribution in [-0.2, 0) is 4.79 Å². The Labute approximate surface area is 137 Å². The van der Waals surface area contributed by atoms with Crippen LogP contribution in [0.2, 0.25) is 0 Å². The molecule has 3 N–H and O–H groups in total. The SMILES string of the molecule is CNC(=O)Nc1cccc(NC(=O)C2C(C=C(C)C)C2(C)C)c1. The van der Waals surface area contributed by atoms with Crippen molar-refractivity contribution in [3.8, 4) is 0 Å². The van der Waals surface area contributed by atoms with Gasteiger partial charge in [0.2, 0.25) is 5.91 Å². The van der Waals surface area contributed by atoms with Gasteiger partial charge in [-0.05, 0) is 43.4 Å². The summed E-state index contributed by atoms with van der Waals surface area (Å²) in [6.07, 6.45) is 2.17. The smallest absolute Gasteiger partial charge is 0.318 e. The van der Waals surface area contributed by atoms with E-state index in [2.05, 4.69) is 49.7 Å². The summed E-state index contributed by atoms with van der Waals surface area (Å²) >= 11 is 0. The fourth-order valence-electron chi connectivity index (χ4n) is 2.94. The Morgan fingerprint density at radius 3 is 2.30 bits per heavy atom. The lowest BCUT2D eigenvalue weighted by atomic mass is 10.1. The largest absolute Gasteiger partial charge is 0.341 e. The molecule has 0 radical (unpaired) electrons. The van der Waals surface area contributed by atoms with Crippen molar-refractivity contribution in [3.05, 3.63) is 35.9 Å². The summed E-state index contributed by atoms with van der Waals surface area (Å²) in [5.74, 6) is 0.280. The van der Waals surface area contributed by atoms with Crippen LogP contribution in [0.3, 0.4) is 0 Å². The first kappa shape index (κ1) is 17.1. The summed E-state index contributed by atoms with van der Waals surface area (Å²) in [5, 5.41) is 8.14. The first-order valence-electron chi connectivity index (χ1n) is 7.80. The Bertz CT molecular complexity index is 645. The zero-order chi connectivity index (χ0) is 17.2. The summed E-state index contributed by atoms with van der Waals surface area (Å²) < 4.78 is 0. The first-order chi connectivity index (χ1) is 10.8. The summed E-state index contributed by atoms with van der Waals surface area (Å²) in [7, 11) is 1.56. The van der Waals surface area contributed by atoms with Gasteiger partial charge in [0, 0.05) is 18.4 Å². The maximum absolute atomic E-state index is 12.5. The number of anilines is 2. The van der Waals surface area contributed by atoms with E-state index >= 15 is 0 Å². The van der Waals surface area contributed by atoms with Gasteiger partial charge in [0.1, 0.15) is 0 Å². The van der Waals surface area contributed by atoms with Gasteiger partial charge in [-0.25, -0.2) is 4.79 Å². The zero-order valence-corrected chi connectivity index (χ0v) is 14.4. The molecule has 1 fully saturated rings. The molecule has 1 aromatic carbocycles. The van der Waals surface area contributed by atoms with E-state index in [1.807, 2.05) is 6.07 Å². The molecule has 0 saturated heterocycles. The minimum atomic E-state index is -0.291. The highest BCUT2D eigenvalue weighted by Crippen LogP contribution is 2.59. The van der Waals surface area contributed by atoms with E-state index in [0.717, 1.165) is 0 Å². The average molecular weight is 315 g/mol. The van der Waals surface area contributed by atoms with Gasteiger partial charge >= 0.3 is 6.03 Å². The van der Waals surface area contributed by atoms with Crippen LogP contribution >= 0.6 is 0 Å². The number of hydrogen-bond acceptors (Lipinski definition) is 2. The molecule has 2 rings (SSSR count). The molecular formula is C18H25N3O2. The molecule has 1 aromatic rings. The zero-order valence-electron chi connectivity index (χ0n) is 14.4. The molecule has 2 atom stereocenters. The Kier molecular flexibility index (Phi) is 4.78. The standard InChI is InChI=1S/C18H25N3O2/c1-11(2)9-14-15(18(14,3)4)16(22)20-12-7-6-8-13(10-12)21-17(23)19-5/h6-10,14-15H,1-5H3,(H,20,22)(H2,19,21,23). The van der Waals surface area contributed by atoms with Crippen molar-refractivity contribution >= 4 is 23.3 Å². The van der Waals surface area contributed by atoms with Gasteiger partial charge in [-0.15, -0.1) is 0 Å². The fourth-order valence-corrected chi connectivity index (χ4v) is 2.94. The first-order valence-corrected chi connectivity index (χ1v) is 7.80. The Morgan fingerprint density at radius 1 is 1.13 bits per heavy atom. The Balaban J connectivity index is 2.05. The number of amides is 3. The van der Waals surface area contributed by atoms with E-state index in [1.54, 1.807) is 25.2 Å². The molecule has 2 unspecified atom stereocenters. The van der Waals surface area contributed by atoms with Gasteiger partial charge in [-0.2, -0.15) is 0 Å². The molecule has 1 aliphatic carbocycles. The predicted molar refractivity (Wildman–Crippen MR) is 93.3 cm³/mol. The van der Waals surface area contributed by atoms with E-state index in [9.17, 15) is 9.59 Å². The van der Waals surface area contributed by atoms with E-state index in [4.69, 9.17) is 0 Å². The second kappa shape index (κ2) is 6.44. The van der Waals surface area contributed by atoms with Crippen LogP contribution in [0.1, 0.15) is 27.7 Å². The third-order valence-corrected chi connectivity index (χ3v) is 4.32. The third kappa shape index (κ3) is 3.92. The van der Waals surface area contributed by atoms with Crippen LogP contribution in [0.15, 0.2) is 35.9 Å². The molecule has 0 heterocycles. The van der Waals surface area contributed by atoms with Crippen LogP contribution < -0.4 is 16.0 Å². The van der Waals surface area contributed by atoms with Crippen LogP contribution in [0.5, 0.6) is 0 Å². The minimum absolute atomic E-state index is 0.0146. The Morgan fingerprint density at radius 2 is 1.74 bits per heavy atom. The molecule has 3 amide bonds. The summed E-state index contributed by atoms with van der Waals surface area (Å²) in [6, 6.07) is 6.85. The van der Waals surface area contributed by atoms with Crippen molar-refractivity contribution < 1.29 is 9.59 Å². The molecule has 23 heavy (non-hydrogen) atoms. The monoisotopic (exact) mass is 315 g/mol. The maximum Gasteiger partial charge on any atom is 0.318 e. The van der Waals surface area contributed by atoms with E-state index in [-0.39, 0.29) is 29.2 Å². The van der Waals surface area contributed by atoms with Crippen LogP contribution in [-0.4, -0.2) is 19.0 Å². The number of benzene rings is 1. The molecule has 0 aromatic heterocycles. The molecule has 1 aliphatic rings. The molecule has 124 valence electrons. The molecule has 5 heteroatoms. The van der Waals surface area contributed by atoms with Crippen LogP contribution in [0, 0.1) is 17.3 Å². The fraction of sp³-hybridized carbons (Fsp3) is 0.444. The molecule has 0 bridgehead atoms. The highest BCUT2D eigenvalue weighted by molar-refractivity contribution is 5.97. The molecule has 0 aliphatic heterocycles. The average Bonchev–Trinajstić information content (AvgIpc) is 2.99. The number of nitrogens with one attached hydrogen (secondary N) is 3. The van der Waals surface area contributed by atoms with Gasteiger partial charge in [-0.1, -0.05) is 31.6 Å². The quantitative estimate of drug-likeness (QED) is 0.743. The molecule has 1 saturated carbocycles. The summed E-state index contributed by atoms with van der Waals surface area (Å²) in [5.41, 5.74) is 2.54. The van der Waals surface area contributed by atoms with Crippen molar-refractivity contribution in [1.82, 2.24) is 5.32 Å². The van der Waals surface area contributed by atoms with Gasteiger partial charge in [0.25, 0.3) is 0 Å². The number of allylic oxidation sites excluding steroid dienone is 2. The second-order valence-electron chi connectivity index (χ2n) is 6.84. The molecule has 5 nitrogen and oxygen atoms in total. The van der Waals surface area contributed by atoms with E-state index < -0.39 is 0 Å². The molecule has 0 spiro atoms. The topological polar surface area (TPSA) is 70.2 Å². The minimum Gasteiger partial charge on any atom is -0.341 e. The van der Waals surface area contributed by atoms with Crippen LogP contribution in [0.4, 0.5) is 16.2 Å². The number of carbonyl (C=O) groups is 2. The van der Waals surface area contributed by atoms with Gasteiger partial charge in [0.15, 0.2) is 0 Å². The molecular weight excluding hydrogens is 290 g/mol. The van der Waals surface area contributed by atoms with Crippen LogP contribution in [0.25, 0.3) is 0 Å². The second-order valence-corrected chi connectivity index (χ2v) is 6.84. The highest BCUT2D eigenvalue weighted by atomic mass is 16.2. The van der Waals surface area contributed by atoms with Crippen molar-refractivity contribution in [2.45, 2.75) is 27.7 Å². The number of urea groups is 1. The maximum atomic E-state index is 12.5. The third-order valence-electron chi connectivity index (χ3n) is 4.32. The van der Waals surface area contributed by atoms with Crippen molar-refractivity contribution in [3.63, 3.8) is 0 Å². The normalized spacial score (nSPS) is 21.1.